The highest BCUT2D eigenvalue weighted by Gasteiger charge is 2.13. The zero-order valence-electron chi connectivity index (χ0n) is 15.0. The fourth-order valence-electron chi connectivity index (χ4n) is 3.03. The van der Waals surface area contributed by atoms with Crippen LogP contribution < -0.4 is 9.64 Å². The standard InChI is InChI=1S/C21H20N4O/c1-24(2)17-11-8-15(9-12-17)16-10-13-20-22-23-21(25(20)14-16)18-6-4-5-7-19(18)26-3/h4-14H,1-3H3. The van der Waals surface area contributed by atoms with Crippen LogP contribution in [0.3, 0.4) is 0 Å². The minimum Gasteiger partial charge on any atom is -0.496 e. The van der Waals surface area contributed by atoms with Crippen molar-refractivity contribution in [1.29, 1.82) is 0 Å². The minimum absolute atomic E-state index is 0.768. The number of nitrogens with zero attached hydrogens (tertiary/aromatic N) is 4. The lowest BCUT2D eigenvalue weighted by Crippen LogP contribution is -2.07. The van der Waals surface area contributed by atoms with Crippen LogP contribution in [0.4, 0.5) is 5.69 Å². The maximum atomic E-state index is 5.48. The van der Waals surface area contributed by atoms with E-state index in [4.69, 9.17) is 4.74 Å². The van der Waals surface area contributed by atoms with Gasteiger partial charge < -0.3 is 9.64 Å². The Morgan fingerprint density at radius 1 is 0.846 bits per heavy atom. The third kappa shape index (κ3) is 2.77. The van der Waals surface area contributed by atoms with Crippen LogP contribution in [0.2, 0.25) is 0 Å². The van der Waals surface area contributed by atoms with Crippen LogP contribution in [0, 0.1) is 0 Å². The molecule has 0 spiro atoms. The third-order valence-electron chi connectivity index (χ3n) is 4.47. The molecule has 0 amide bonds. The van der Waals surface area contributed by atoms with Crippen LogP contribution in [0.25, 0.3) is 28.2 Å². The predicted molar refractivity (Wildman–Crippen MR) is 105 cm³/mol. The van der Waals surface area contributed by atoms with Crippen LogP contribution in [-0.4, -0.2) is 35.8 Å². The number of aromatic nitrogens is 3. The number of para-hydroxylation sites is 1. The van der Waals surface area contributed by atoms with Crippen molar-refractivity contribution in [2.45, 2.75) is 0 Å². The summed E-state index contributed by atoms with van der Waals surface area (Å²) in [5, 5.41) is 8.67. The Morgan fingerprint density at radius 3 is 2.31 bits per heavy atom. The zero-order valence-corrected chi connectivity index (χ0v) is 15.0. The van der Waals surface area contributed by atoms with Gasteiger partial charge in [0.2, 0.25) is 0 Å². The summed E-state index contributed by atoms with van der Waals surface area (Å²) in [4.78, 5) is 2.09. The van der Waals surface area contributed by atoms with Gasteiger partial charge in [0.25, 0.3) is 0 Å². The van der Waals surface area contributed by atoms with Crippen LogP contribution in [0.1, 0.15) is 0 Å². The Bertz CT molecular complexity index is 1050. The van der Waals surface area contributed by atoms with E-state index in [0.717, 1.165) is 33.9 Å². The highest BCUT2D eigenvalue weighted by Crippen LogP contribution is 2.30. The molecule has 130 valence electrons. The second-order valence-corrected chi connectivity index (χ2v) is 6.31. The van der Waals surface area contributed by atoms with Crippen molar-refractivity contribution in [2.75, 3.05) is 26.1 Å². The second-order valence-electron chi connectivity index (χ2n) is 6.31. The summed E-state index contributed by atoms with van der Waals surface area (Å²) in [7, 11) is 5.75. The molecular weight excluding hydrogens is 324 g/mol. The van der Waals surface area contributed by atoms with Crippen LogP contribution in [0.5, 0.6) is 5.75 Å². The van der Waals surface area contributed by atoms with Gasteiger partial charge in [-0.15, -0.1) is 10.2 Å². The van der Waals surface area contributed by atoms with Gasteiger partial charge in [0, 0.05) is 26.0 Å². The van der Waals surface area contributed by atoms with E-state index in [9.17, 15) is 0 Å². The molecule has 0 atom stereocenters. The number of anilines is 1. The first-order valence-electron chi connectivity index (χ1n) is 8.43. The Labute approximate surface area is 152 Å². The quantitative estimate of drug-likeness (QED) is 0.558. The van der Waals surface area contributed by atoms with Crippen molar-refractivity contribution in [1.82, 2.24) is 14.6 Å². The van der Waals surface area contributed by atoms with E-state index < -0.39 is 0 Å². The van der Waals surface area contributed by atoms with E-state index in [0.29, 0.717) is 0 Å². The van der Waals surface area contributed by atoms with E-state index in [2.05, 4.69) is 51.6 Å². The molecule has 2 aromatic heterocycles. The van der Waals surface area contributed by atoms with Crippen molar-refractivity contribution < 1.29 is 4.74 Å². The van der Waals surface area contributed by atoms with Crippen LogP contribution in [0.15, 0.2) is 66.9 Å². The van der Waals surface area contributed by atoms with Crippen molar-refractivity contribution >= 4 is 11.3 Å². The van der Waals surface area contributed by atoms with E-state index in [1.54, 1.807) is 7.11 Å². The monoisotopic (exact) mass is 344 g/mol. The molecule has 0 aliphatic rings. The van der Waals surface area contributed by atoms with Gasteiger partial charge in [-0.25, -0.2) is 0 Å². The molecule has 0 bridgehead atoms. The summed E-state index contributed by atoms with van der Waals surface area (Å²) in [6.07, 6.45) is 2.07. The summed E-state index contributed by atoms with van der Waals surface area (Å²) in [6.45, 7) is 0. The summed E-state index contributed by atoms with van der Waals surface area (Å²) in [5.74, 6) is 1.55. The predicted octanol–water partition coefficient (Wildman–Crippen LogP) is 4.14. The van der Waals surface area contributed by atoms with Gasteiger partial charge in [-0.1, -0.05) is 24.3 Å². The summed E-state index contributed by atoms with van der Waals surface area (Å²) >= 11 is 0. The second kappa shape index (κ2) is 6.52. The number of methoxy groups -OCH3 is 1. The lowest BCUT2D eigenvalue weighted by molar-refractivity contribution is 0.416. The summed E-state index contributed by atoms with van der Waals surface area (Å²) in [5.41, 5.74) is 5.16. The first-order valence-corrected chi connectivity index (χ1v) is 8.43. The molecule has 4 aromatic rings. The summed E-state index contributed by atoms with van der Waals surface area (Å²) < 4.78 is 7.49. The molecule has 5 heteroatoms. The molecule has 2 aromatic carbocycles. The number of fused-ring (bicyclic) bond motifs is 1. The van der Waals surface area contributed by atoms with Crippen LogP contribution >= 0.6 is 0 Å². The van der Waals surface area contributed by atoms with Crippen molar-refractivity contribution in [3.63, 3.8) is 0 Å². The molecule has 0 N–H and O–H groups in total. The molecule has 0 radical (unpaired) electrons. The number of hydrogen-bond acceptors (Lipinski definition) is 4. The molecule has 26 heavy (non-hydrogen) atoms. The summed E-state index contributed by atoms with van der Waals surface area (Å²) in [6, 6.07) is 20.4. The van der Waals surface area contributed by atoms with Gasteiger partial charge >= 0.3 is 0 Å². The first-order chi connectivity index (χ1) is 12.7. The van der Waals surface area contributed by atoms with Gasteiger partial charge in [0.1, 0.15) is 5.75 Å². The lowest BCUT2D eigenvalue weighted by Gasteiger charge is -2.13. The average Bonchev–Trinajstić information content (AvgIpc) is 3.11. The molecule has 0 saturated heterocycles. The van der Waals surface area contributed by atoms with Gasteiger partial charge in [0.05, 0.1) is 12.7 Å². The molecular formula is C21H20N4O. The van der Waals surface area contributed by atoms with E-state index in [-0.39, 0.29) is 0 Å². The van der Waals surface area contributed by atoms with E-state index in [1.165, 1.54) is 5.69 Å². The third-order valence-corrected chi connectivity index (χ3v) is 4.47. The van der Waals surface area contributed by atoms with Crippen molar-refractivity contribution in [2.24, 2.45) is 0 Å². The SMILES string of the molecule is COc1ccccc1-c1nnc2ccc(-c3ccc(N(C)C)cc3)cn12. The molecule has 2 heterocycles. The number of benzene rings is 2. The maximum Gasteiger partial charge on any atom is 0.172 e. The van der Waals surface area contributed by atoms with Crippen LogP contribution in [-0.2, 0) is 0 Å². The minimum atomic E-state index is 0.768. The highest BCUT2D eigenvalue weighted by atomic mass is 16.5. The largest absolute Gasteiger partial charge is 0.496 e. The normalized spacial score (nSPS) is 10.9. The highest BCUT2D eigenvalue weighted by molar-refractivity contribution is 5.71. The molecule has 0 fully saturated rings. The van der Waals surface area contributed by atoms with Gasteiger partial charge in [0.15, 0.2) is 11.5 Å². The first kappa shape index (κ1) is 16.1. The number of ether oxygens (including phenoxy) is 1. The Hall–Kier alpha value is -3.34. The Kier molecular flexibility index (Phi) is 4.05. The Morgan fingerprint density at radius 2 is 1.58 bits per heavy atom. The molecule has 0 aliphatic heterocycles. The number of pyridine rings is 1. The molecule has 4 rings (SSSR count). The smallest absolute Gasteiger partial charge is 0.172 e. The lowest BCUT2D eigenvalue weighted by atomic mass is 10.1. The fraction of sp³-hybridized carbons (Fsp3) is 0.143. The topological polar surface area (TPSA) is 42.7 Å². The Balaban J connectivity index is 1.82. The molecule has 0 saturated carbocycles. The zero-order chi connectivity index (χ0) is 18.1. The van der Waals surface area contributed by atoms with E-state index in [1.807, 2.05) is 48.8 Å². The molecule has 0 unspecified atom stereocenters. The molecule has 5 nitrogen and oxygen atoms in total. The number of rotatable bonds is 4. The van der Waals surface area contributed by atoms with Gasteiger partial charge in [-0.2, -0.15) is 0 Å². The maximum absolute atomic E-state index is 5.48. The van der Waals surface area contributed by atoms with Crippen molar-refractivity contribution in [3.8, 4) is 28.3 Å². The van der Waals surface area contributed by atoms with Gasteiger partial charge in [-0.3, -0.25) is 4.40 Å². The fourth-order valence-corrected chi connectivity index (χ4v) is 3.03. The average molecular weight is 344 g/mol. The van der Waals surface area contributed by atoms with Crippen molar-refractivity contribution in [3.05, 3.63) is 66.9 Å². The van der Waals surface area contributed by atoms with E-state index >= 15 is 0 Å². The van der Waals surface area contributed by atoms with Gasteiger partial charge in [-0.05, 0) is 47.5 Å². The number of hydrogen-bond donors (Lipinski definition) is 0. The molecule has 0 aliphatic carbocycles.